The second kappa shape index (κ2) is 4.03. The molecule has 2 atom stereocenters. The van der Waals surface area contributed by atoms with E-state index < -0.39 is 0 Å². The predicted molar refractivity (Wildman–Crippen MR) is 38.1 cm³/mol. The fourth-order valence-corrected chi connectivity index (χ4v) is 1.00. The predicted octanol–water partition coefficient (Wildman–Crippen LogP) is 1.86. The van der Waals surface area contributed by atoms with Crippen molar-refractivity contribution in [2.24, 2.45) is 0 Å². The van der Waals surface area contributed by atoms with Gasteiger partial charge in [-0.3, -0.25) is 0 Å². The van der Waals surface area contributed by atoms with Crippen molar-refractivity contribution in [3.63, 3.8) is 0 Å². The average Bonchev–Trinajstić information content (AvgIpc) is 1.35. The molecule has 0 fully saturated rings. The quantitative estimate of drug-likeness (QED) is 0.490. The first-order chi connectivity index (χ1) is 2.77. The van der Waals surface area contributed by atoms with E-state index in [-0.39, 0.29) is 0 Å². The van der Waals surface area contributed by atoms with E-state index in [0.717, 1.165) is 5.40 Å². The van der Waals surface area contributed by atoms with Crippen molar-refractivity contribution < 1.29 is 0 Å². The Morgan fingerprint density at radius 3 is 2.00 bits per heavy atom. The molecule has 6 heavy (non-hydrogen) atoms. The second-order valence-corrected chi connectivity index (χ2v) is 3.93. The van der Waals surface area contributed by atoms with Crippen LogP contribution >= 0.6 is 18.5 Å². The highest BCUT2D eigenvalue weighted by molar-refractivity contribution is 7.37. The minimum Gasteiger partial charge on any atom is -0.130 e. The van der Waals surface area contributed by atoms with E-state index in [1.807, 2.05) is 0 Å². The fraction of sp³-hybridized carbons (Fsp3) is 1.00. The lowest BCUT2D eigenvalue weighted by Crippen LogP contribution is -1.78. The summed E-state index contributed by atoms with van der Waals surface area (Å²) in [6, 6.07) is 0. The third-order valence-corrected chi connectivity index (χ3v) is 1.29. The van der Waals surface area contributed by atoms with Crippen LogP contribution in [0.4, 0.5) is 0 Å². The molecule has 0 aliphatic rings. The summed E-state index contributed by atoms with van der Waals surface area (Å²) in [6.45, 7) is 2.20. The van der Waals surface area contributed by atoms with Crippen molar-refractivity contribution in [1.82, 2.24) is 0 Å². The fourth-order valence-electron chi connectivity index (χ4n) is 0.333. The zero-order valence-electron chi connectivity index (χ0n) is 4.15. The molecular weight excluding hydrogens is 110 g/mol. The SMILES string of the molecule is CCCC(P)P. The standard InChI is InChI=1S/C4H12P2/c1-2-3-4(5)6/h4H,2-3,5-6H2,1H3. The maximum atomic E-state index is 2.74. The summed E-state index contributed by atoms with van der Waals surface area (Å²) in [5.41, 5.74) is 0. The van der Waals surface area contributed by atoms with Crippen molar-refractivity contribution >= 4 is 18.5 Å². The molecular formula is C4H12P2. The maximum Gasteiger partial charge on any atom is -0.0118 e. The van der Waals surface area contributed by atoms with Gasteiger partial charge in [0.2, 0.25) is 0 Å². The molecule has 0 N–H and O–H groups in total. The third kappa shape index (κ3) is 4.86. The van der Waals surface area contributed by atoms with Gasteiger partial charge in [0.25, 0.3) is 0 Å². The van der Waals surface area contributed by atoms with Crippen LogP contribution in [-0.2, 0) is 0 Å². The largest absolute Gasteiger partial charge is 0.130 e. The molecule has 0 rings (SSSR count). The summed E-state index contributed by atoms with van der Waals surface area (Å²) in [7, 11) is 5.48. The van der Waals surface area contributed by atoms with Crippen LogP contribution in [0.15, 0.2) is 0 Å². The Balaban J connectivity index is 2.63. The molecule has 0 aliphatic carbocycles. The summed E-state index contributed by atoms with van der Waals surface area (Å²) in [5, 5.41) is 0.731. The highest BCUT2D eigenvalue weighted by Crippen LogP contribution is 2.13. The molecule has 0 heterocycles. The minimum absolute atomic E-state index is 0.731. The van der Waals surface area contributed by atoms with Crippen molar-refractivity contribution in [2.45, 2.75) is 25.2 Å². The lowest BCUT2D eigenvalue weighted by atomic mass is 10.4. The van der Waals surface area contributed by atoms with Crippen molar-refractivity contribution in [3.05, 3.63) is 0 Å². The van der Waals surface area contributed by atoms with E-state index in [4.69, 9.17) is 0 Å². The summed E-state index contributed by atoms with van der Waals surface area (Å²) in [5.74, 6) is 0. The first-order valence-electron chi connectivity index (χ1n) is 2.28. The molecule has 0 spiro atoms. The Morgan fingerprint density at radius 2 is 2.00 bits per heavy atom. The molecule has 0 nitrogen and oxygen atoms in total. The first-order valence-corrected chi connectivity index (χ1v) is 3.62. The van der Waals surface area contributed by atoms with Gasteiger partial charge in [-0.15, -0.1) is 18.5 Å². The molecule has 2 heteroatoms. The zero-order valence-corrected chi connectivity index (χ0v) is 6.46. The molecule has 0 bridgehead atoms. The summed E-state index contributed by atoms with van der Waals surface area (Å²) in [6.07, 6.45) is 2.59. The summed E-state index contributed by atoms with van der Waals surface area (Å²) in [4.78, 5) is 0. The molecule has 0 amide bonds. The average molecular weight is 122 g/mol. The van der Waals surface area contributed by atoms with Crippen LogP contribution in [0.25, 0.3) is 0 Å². The second-order valence-electron chi connectivity index (χ2n) is 1.45. The molecule has 0 aromatic heterocycles. The molecule has 0 aliphatic heterocycles. The van der Waals surface area contributed by atoms with E-state index in [1.165, 1.54) is 12.8 Å². The van der Waals surface area contributed by atoms with E-state index in [0.29, 0.717) is 0 Å². The zero-order chi connectivity index (χ0) is 4.99. The Labute approximate surface area is 44.5 Å². The lowest BCUT2D eigenvalue weighted by Gasteiger charge is -1.95. The van der Waals surface area contributed by atoms with Crippen molar-refractivity contribution in [2.75, 3.05) is 0 Å². The normalized spacial score (nSPS) is 10.0. The van der Waals surface area contributed by atoms with E-state index in [9.17, 15) is 0 Å². The first kappa shape index (κ1) is 6.86. The van der Waals surface area contributed by atoms with Crippen LogP contribution in [0.5, 0.6) is 0 Å². The molecule has 0 saturated heterocycles. The maximum absolute atomic E-state index is 2.74. The van der Waals surface area contributed by atoms with Crippen LogP contribution in [0.3, 0.4) is 0 Å². The van der Waals surface area contributed by atoms with Gasteiger partial charge in [-0.05, 0) is 11.8 Å². The number of rotatable bonds is 2. The number of hydrogen-bond donors (Lipinski definition) is 0. The summed E-state index contributed by atoms with van der Waals surface area (Å²) < 4.78 is 0. The van der Waals surface area contributed by atoms with Gasteiger partial charge in [0.05, 0.1) is 0 Å². The molecule has 0 aromatic rings. The van der Waals surface area contributed by atoms with Gasteiger partial charge in [-0.2, -0.15) is 0 Å². The van der Waals surface area contributed by atoms with Gasteiger partial charge in [0.1, 0.15) is 0 Å². The Hall–Kier alpha value is 0.860. The van der Waals surface area contributed by atoms with Crippen LogP contribution in [-0.4, -0.2) is 5.40 Å². The Bertz CT molecular complexity index is 26.7. The van der Waals surface area contributed by atoms with Gasteiger partial charge < -0.3 is 0 Å². The molecule has 2 unspecified atom stereocenters. The van der Waals surface area contributed by atoms with Gasteiger partial charge in [-0.1, -0.05) is 13.3 Å². The molecule has 38 valence electrons. The Kier molecular flexibility index (Phi) is 4.61. The number of hydrogen-bond acceptors (Lipinski definition) is 0. The highest BCUT2D eigenvalue weighted by Gasteiger charge is 1.85. The van der Waals surface area contributed by atoms with Gasteiger partial charge in [0.15, 0.2) is 0 Å². The third-order valence-electron chi connectivity index (χ3n) is 0.622. The molecule has 0 aromatic carbocycles. The van der Waals surface area contributed by atoms with Gasteiger partial charge in [-0.25, -0.2) is 0 Å². The van der Waals surface area contributed by atoms with E-state index >= 15 is 0 Å². The van der Waals surface area contributed by atoms with Gasteiger partial charge in [0, 0.05) is 0 Å². The van der Waals surface area contributed by atoms with E-state index in [1.54, 1.807) is 0 Å². The van der Waals surface area contributed by atoms with Crippen molar-refractivity contribution in [3.8, 4) is 0 Å². The van der Waals surface area contributed by atoms with Crippen LogP contribution < -0.4 is 0 Å². The molecule has 0 saturated carbocycles. The van der Waals surface area contributed by atoms with Crippen LogP contribution in [0.1, 0.15) is 19.8 Å². The van der Waals surface area contributed by atoms with Crippen molar-refractivity contribution in [1.29, 1.82) is 0 Å². The minimum atomic E-state index is 0.731. The topological polar surface area (TPSA) is 0 Å². The Morgan fingerprint density at radius 1 is 1.50 bits per heavy atom. The van der Waals surface area contributed by atoms with E-state index in [2.05, 4.69) is 25.4 Å². The van der Waals surface area contributed by atoms with Crippen LogP contribution in [0, 0.1) is 0 Å². The monoisotopic (exact) mass is 122 g/mol. The molecule has 0 radical (unpaired) electrons. The lowest BCUT2D eigenvalue weighted by molar-refractivity contribution is 0.871. The van der Waals surface area contributed by atoms with Gasteiger partial charge >= 0.3 is 0 Å². The highest BCUT2D eigenvalue weighted by atomic mass is 31.1. The smallest absolute Gasteiger partial charge is 0.0118 e. The van der Waals surface area contributed by atoms with Crippen LogP contribution in [0.2, 0.25) is 0 Å². The summed E-state index contributed by atoms with van der Waals surface area (Å²) >= 11 is 0.